The number of aromatic nitrogens is 2. The van der Waals surface area contributed by atoms with Crippen molar-refractivity contribution in [2.75, 3.05) is 18.4 Å². The van der Waals surface area contributed by atoms with Gasteiger partial charge in [0.1, 0.15) is 17.3 Å². The summed E-state index contributed by atoms with van der Waals surface area (Å²) >= 11 is 0. The van der Waals surface area contributed by atoms with Gasteiger partial charge in [-0.1, -0.05) is 34.3 Å². The van der Waals surface area contributed by atoms with Crippen molar-refractivity contribution in [3.63, 3.8) is 0 Å². The second-order valence-corrected chi connectivity index (χ2v) is 9.22. The van der Waals surface area contributed by atoms with Gasteiger partial charge in [-0.3, -0.25) is 9.59 Å². The minimum Gasteiger partial charge on any atom is -0.506 e. The van der Waals surface area contributed by atoms with E-state index in [1.807, 2.05) is 12.1 Å². The normalized spacial score (nSPS) is 14.1. The highest BCUT2D eigenvalue weighted by Gasteiger charge is 2.31. The van der Waals surface area contributed by atoms with E-state index in [0.29, 0.717) is 36.8 Å². The predicted molar refractivity (Wildman–Crippen MR) is 125 cm³/mol. The first-order valence-corrected chi connectivity index (χ1v) is 10.9. The topological polar surface area (TPSA) is 99.5 Å². The molecule has 1 aliphatic heterocycles. The van der Waals surface area contributed by atoms with Crippen molar-refractivity contribution in [2.45, 2.75) is 52.1 Å². The average molecular weight is 440 g/mol. The molecule has 0 bridgehead atoms. The maximum absolute atomic E-state index is 12.6. The van der Waals surface area contributed by atoms with Gasteiger partial charge in [0.15, 0.2) is 0 Å². The molecule has 8 nitrogen and oxygen atoms in total. The number of imidazole rings is 1. The summed E-state index contributed by atoms with van der Waals surface area (Å²) in [5.74, 6) is 0.510. The van der Waals surface area contributed by atoms with Crippen molar-refractivity contribution in [3.05, 3.63) is 53.6 Å². The number of nitrogens with one attached hydrogen (secondary N) is 2. The Morgan fingerprint density at radius 2 is 2.00 bits per heavy atom. The van der Waals surface area contributed by atoms with Crippen LogP contribution in [0.5, 0.6) is 5.75 Å². The lowest BCUT2D eigenvalue weighted by atomic mass is 9.82. The summed E-state index contributed by atoms with van der Waals surface area (Å²) in [4.78, 5) is 30.2. The number of rotatable bonds is 7. The van der Waals surface area contributed by atoms with E-state index >= 15 is 0 Å². The first kappa shape index (κ1) is 23.4. The number of hydrogen-bond acceptors (Lipinski definition) is 5. The summed E-state index contributed by atoms with van der Waals surface area (Å²) in [5.41, 5.74) is 3.35. The highest BCUT2D eigenvalue weighted by atomic mass is 16.3. The third-order valence-electron chi connectivity index (χ3n) is 5.87. The van der Waals surface area contributed by atoms with Crippen LogP contribution in [0.3, 0.4) is 0 Å². The molecule has 0 radical (unpaired) electrons. The van der Waals surface area contributed by atoms with Crippen LogP contribution in [0.4, 0.5) is 5.69 Å². The first-order valence-electron chi connectivity index (χ1n) is 10.9. The van der Waals surface area contributed by atoms with Gasteiger partial charge in [0.05, 0.1) is 24.5 Å². The number of nitrogens with zero attached hydrogens (tertiary/aromatic N) is 3. The molecule has 0 spiro atoms. The van der Waals surface area contributed by atoms with Gasteiger partial charge in [-0.15, -0.1) is 0 Å². The number of carbonyl (C=O) groups excluding carboxylic acids is 2. The van der Waals surface area contributed by atoms with E-state index in [-0.39, 0.29) is 29.0 Å². The van der Waals surface area contributed by atoms with E-state index in [0.717, 1.165) is 12.0 Å². The Labute approximate surface area is 189 Å². The van der Waals surface area contributed by atoms with Crippen molar-refractivity contribution in [1.29, 1.82) is 0 Å². The number of phenols is 1. The summed E-state index contributed by atoms with van der Waals surface area (Å²) in [6, 6.07) is 3.74. The highest BCUT2D eigenvalue weighted by molar-refractivity contribution is 5.93. The zero-order valence-electron chi connectivity index (χ0n) is 19.5. The molecule has 3 N–H and O–H groups in total. The Balaban J connectivity index is 1.66. The molecule has 8 heteroatoms. The van der Waals surface area contributed by atoms with E-state index < -0.39 is 0 Å². The molecule has 1 fully saturated rings. The average Bonchev–Trinajstić information content (AvgIpc) is 3.08. The van der Waals surface area contributed by atoms with Crippen LogP contribution in [0.2, 0.25) is 0 Å². The van der Waals surface area contributed by atoms with Gasteiger partial charge < -0.3 is 25.2 Å². The molecule has 0 unspecified atom stereocenters. The van der Waals surface area contributed by atoms with Gasteiger partial charge in [-0.25, -0.2) is 4.98 Å². The number of hydrogen-bond donors (Lipinski definition) is 3. The molecule has 1 aromatic heterocycles. The number of aromatic hydroxyl groups is 1. The fraction of sp³-hybridized carbons (Fsp3) is 0.458. The molecule has 1 saturated heterocycles. The smallest absolute Gasteiger partial charge is 0.269 e. The molecule has 172 valence electrons. The largest absolute Gasteiger partial charge is 0.506 e. The van der Waals surface area contributed by atoms with Gasteiger partial charge in [-0.05, 0) is 41.2 Å². The Morgan fingerprint density at radius 1 is 1.31 bits per heavy atom. The van der Waals surface area contributed by atoms with Crippen LogP contribution >= 0.6 is 0 Å². The van der Waals surface area contributed by atoms with E-state index in [2.05, 4.69) is 49.9 Å². The van der Waals surface area contributed by atoms with Crippen molar-refractivity contribution >= 4 is 17.5 Å². The lowest BCUT2D eigenvalue weighted by Crippen LogP contribution is -2.60. The lowest BCUT2D eigenvalue weighted by Gasteiger charge is -2.38. The number of likely N-dealkylation sites (tertiary alicyclic amines) is 1. The summed E-state index contributed by atoms with van der Waals surface area (Å²) in [5, 5.41) is 16.7. The second kappa shape index (κ2) is 9.06. The molecule has 0 saturated carbocycles. The van der Waals surface area contributed by atoms with Crippen LogP contribution in [-0.4, -0.2) is 50.5 Å². The Morgan fingerprint density at radius 3 is 2.59 bits per heavy atom. The Kier molecular flexibility index (Phi) is 6.62. The zero-order chi connectivity index (χ0) is 23.6. The third kappa shape index (κ3) is 4.79. The van der Waals surface area contributed by atoms with Crippen molar-refractivity contribution < 1.29 is 14.7 Å². The monoisotopic (exact) mass is 439 g/mol. The first-order chi connectivity index (χ1) is 15.0. The summed E-state index contributed by atoms with van der Waals surface area (Å²) in [7, 11) is 1.79. The molecule has 2 amide bonds. The molecule has 2 aromatic rings. The number of anilines is 1. The molecule has 0 atom stereocenters. The summed E-state index contributed by atoms with van der Waals surface area (Å²) in [6.45, 7) is 13.3. The van der Waals surface area contributed by atoms with Crippen LogP contribution < -0.4 is 10.6 Å². The van der Waals surface area contributed by atoms with Crippen LogP contribution in [-0.2, 0) is 30.2 Å². The van der Waals surface area contributed by atoms with Crippen molar-refractivity contribution in [2.24, 2.45) is 7.05 Å². The van der Waals surface area contributed by atoms with Gasteiger partial charge in [0, 0.05) is 20.1 Å². The third-order valence-corrected chi connectivity index (χ3v) is 5.87. The van der Waals surface area contributed by atoms with Gasteiger partial charge >= 0.3 is 0 Å². The molecule has 1 aromatic carbocycles. The summed E-state index contributed by atoms with van der Waals surface area (Å²) in [6.07, 6.45) is 3.66. The van der Waals surface area contributed by atoms with Crippen LogP contribution in [0.25, 0.3) is 0 Å². The second-order valence-electron chi connectivity index (χ2n) is 9.22. The van der Waals surface area contributed by atoms with Crippen LogP contribution in [0.1, 0.15) is 55.1 Å². The standard InChI is InChI=1S/C24H33N5O3/c1-7-15-9-20(30)18(10-17(15)24(3,4)5)25-12-21-26-11-19(28(21)6)23(32)27-16-13-29(14-16)22(31)8-2/h8-11,16,25,30H,2,7,12-14H2,1,3-6H3,(H,27,32). The van der Waals surface area contributed by atoms with E-state index in [4.69, 9.17) is 0 Å². The lowest BCUT2D eigenvalue weighted by molar-refractivity contribution is -0.130. The quantitative estimate of drug-likeness (QED) is 0.455. The summed E-state index contributed by atoms with van der Waals surface area (Å²) < 4.78 is 1.73. The van der Waals surface area contributed by atoms with Gasteiger partial charge in [-0.2, -0.15) is 0 Å². The fourth-order valence-corrected chi connectivity index (χ4v) is 3.90. The molecule has 0 aliphatic carbocycles. The minimum atomic E-state index is -0.230. The Bertz CT molecular complexity index is 1030. The molecule has 1 aliphatic rings. The van der Waals surface area contributed by atoms with Crippen LogP contribution in [0.15, 0.2) is 31.0 Å². The number of carbonyl (C=O) groups is 2. The number of benzene rings is 1. The number of phenolic OH excluding ortho intramolecular Hbond substituents is 1. The number of amides is 2. The van der Waals surface area contributed by atoms with E-state index in [1.54, 1.807) is 16.5 Å². The maximum Gasteiger partial charge on any atom is 0.269 e. The van der Waals surface area contributed by atoms with E-state index in [1.165, 1.54) is 17.8 Å². The molecular weight excluding hydrogens is 406 g/mol. The van der Waals surface area contributed by atoms with Crippen molar-refractivity contribution in [3.8, 4) is 5.75 Å². The van der Waals surface area contributed by atoms with Crippen LogP contribution in [0, 0.1) is 0 Å². The van der Waals surface area contributed by atoms with E-state index in [9.17, 15) is 14.7 Å². The molecule has 3 rings (SSSR count). The number of aryl methyl sites for hydroxylation is 1. The SMILES string of the molecule is C=CC(=O)N1CC(NC(=O)c2cnc(CNc3cc(C(C)(C)C)c(CC)cc3O)n2C)C1. The zero-order valence-corrected chi connectivity index (χ0v) is 19.5. The maximum atomic E-state index is 12.6. The Hall–Kier alpha value is -3.29. The predicted octanol–water partition coefficient (Wildman–Crippen LogP) is 2.72. The molecular formula is C24H33N5O3. The highest BCUT2D eigenvalue weighted by Crippen LogP contribution is 2.34. The minimum absolute atomic E-state index is 0.0443. The fourth-order valence-electron chi connectivity index (χ4n) is 3.90. The van der Waals surface area contributed by atoms with Gasteiger partial charge in [0.2, 0.25) is 5.91 Å². The van der Waals surface area contributed by atoms with Crippen molar-refractivity contribution in [1.82, 2.24) is 19.8 Å². The molecule has 2 heterocycles. The molecule has 32 heavy (non-hydrogen) atoms. The van der Waals surface area contributed by atoms with Gasteiger partial charge in [0.25, 0.3) is 5.91 Å².